The fraction of sp³-hybridized carbons (Fsp3) is 0.500. The lowest BCUT2D eigenvalue weighted by atomic mass is 9.97. The summed E-state index contributed by atoms with van der Waals surface area (Å²) in [5, 5.41) is -0.755. The molecule has 0 saturated heterocycles. The van der Waals surface area contributed by atoms with Crippen molar-refractivity contribution in [3.8, 4) is 5.75 Å². The van der Waals surface area contributed by atoms with E-state index in [4.69, 9.17) is 14.2 Å². The van der Waals surface area contributed by atoms with Gasteiger partial charge in [-0.25, -0.2) is 4.79 Å². The molecule has 0 bridgehead atoms. The van der Waals surface area contributed by atoms with E-state index >= 15 is 0 Å². The molecule has 7 nitrogen and oxygen atoms in total. The van der Waals surface area contributed by atoms with Crippen LogP contribution in [-0.2, 0) is 23.9 Å². The molecule has 9 heteroatoms. The zero-order valence-corrected chi connectivity index (χ0v) is 18.6. The molecular formula is C20H26O7S2. The third-order valence-electron chi connectivity index (χ3n) is 3.81. The smallest absolute Gasteiger partial charge is 0.371 e. The highest BCUT2D eigenvalue weighted by Crippen LogP contribution is 2.30. The van der Waals surface area contributed by atoms with Gasteiger partial charge in [0.05, 0.1) is 16.6 Å². The molecule has 0 saturated carbocycles. The Hall–Kier alpha value is -2.00. The largest absolute Gasteiger partial charge is 0.428 e. The summed E-state index contributed by atoms with van der Waals surface area (Å²) < 4.78 is 13.7. The van der Waals surface area contributed by atoms with Crippen molar-refractivity contribution >= 4 is 47.4 Å². The SMILES string of the molecule is CC(C)C(=O)OCOC(=O)SC(C)(C)C(=O)C[C@@H](CS)C(=O)Oc1ccccc1. The molecule has 0 amide bonds. The molecule has 0 radical (unpaired) electrons. The number of para-hydroxylation sites is 1. The van der Waals surface area contributed by atoms with Gasteiger partial charge in [-0.15, -0.1) is 0 Å². The number of hydrogen-bond donors (Lipinski definition) is 1. The molecule has 1 atom stereocenters. The van der Waals surface area contributed by atoms with E-state index in [1.54, 1.807) is 58.0 Å². The molecule has 0 aliphatic rings. The highest BCUT2D eigenvalue weighted by molar-refractivity contribution is 8.15. The molecule has 1 rings (SSSR count). The molecule has 0 aliphatic carbocycles. The lowest BCUT2D eigenvalue weighted by Crippen LogP contribution is -2.34. The van der Waals surface area contributed by atoms with Crippen LogP contribution in [0.5, 0.6) is 5.75 Å². The average Bonchev–Trinajstić information content (AvgIpc) is 2.65. The number of carbonyl (C=O) groups is 4. The van der Waals surface area contributed by atoms with Crippen LogP contribution in [0.25, 0.3) is 0 Å². The first-order valence-electron chi connectivity index (χ1n) is 9.00. The molecule has 1 aromatic carbocycles. The molecule has 0 spiro atoms. The maximum atomic E-state index is 12.6. The van der Waals surface area contributed by atoms with Crippen LogP contribution < -0.4 is 4.74 Å². The summed E-state index contributed by atoms with van der Waals surface area (Å²) in [4.78, 5) is 48.2. The van der Waals surface area contributed by atoms with E-state index in [0.717, 1.165) is 0 Å². The van der Waals surface area contributed by atoms with Crippen molar-refractivity contribution in [1.29, 1.82) is 0 Å². The second kappa shape index (κ2) is 11.9. The van der Waals surface area contributed by atoms with Crippen molar-refractivity contribution in [2.75, 3.05) is 12.5 Å². The molecule has 0 aliphatic heterocycles. The minimum atomic E-state index is -1.15. The van der Waals surface area contributed by atoms with Crippen molar-refractivity contribution in [3.05, 3.63) is 30.3 Å². The van der Waals surface area contributed by atoms with Gasteiger partial charge in [-0.05, 0) is 37.7 Å². The molecule has 0 heterocycles. The van der Waals surface area contributed by atoms with E-state index in [1.165, 1.54) is 0 Å². The molecular weight excluding hydrogens is 416 g/mol. The summed E-state index contributed by atoms with van der Waals surface area (Å²) in [5.41, 5.74) is 0. The monoisotopic (exact) mass is 442 g/mol. The molecule has 0 fully saturated rings. The Balaban J connectivity index is 2.56. The van der Waals surface area contributed by atoms with Gasteiger partial charge in [0.15, 0.2) is 0 Å². The van der Waals surface area contributed by atoms with Crippen molar-refractivity contribution in [2.24, 2.45) is 11.8 Å². The first-order valence-corrected chi connectivity index (χ1v) is 10.4. The fourth-order valence-corrected chi connectivity index (χ4v) is 2.98. The summed E-state index contributed by atoms with van der Waals surface area (Å²) in [6.07, 6.45) is -0.134. The Morgan fingerprint density at radius 1 is 1.03 bits per heavy atom. The number of Topliss-reactive ketones (excluding diaryl/α,β-unsaturated/α-hetero) is 1. The van der Waals surface area contributed by atoms with Crippen molar-refractivity contribution in [1.82, 2.24) is 0 Å². The Morgan fingerprint density at radius 3 is 2.21 bits per heavy atom. The topological polar surface area (TPSA) is 96.0 Å². The van der Waals surface area contributed by atoms with Crippen LogP contribution in [0.1, 0.15) is 34.1 Å². The van der Waals surface area contributed by atoms with E-state index in [2.05, 4.69) is 12.6 Å². The summed E-state index contributed by atoms with van der Waals surface area (Å²) in [6, 6.07) is 8.52. The van der Waals surface area contributed by atoms with Crippen LogP contribution in [0.15, 0.2) is 30.3 Å². The van der Waals surface area contributed by atoms with Crippen molar-refractivity contribution < 1.29 is 33.4 Å². The molecule has 0 unspecified atom stereocenters. The van der Waals surface area contributed by atoms with Crippen LogP contribution in [0.4, 0.5) is 4.79 Å². The summed E-state index contributed by atoms with van der Waals surface area (Å²) >= 11 is 4.80. The van der Waals surface area contributed by atoms with E-state index in [1.807, 2.05) is 0 Å². The summed E-state index contributed by atoms with van der Waals surface area (Å²) in [6.45, 7) is 5.90. The zero-order chi connectivity index (χ0) is 22.0. The zero-order valence-electron chi connectivity index (χ0n) is 16.9. The Kier molecular flexibility index (Phi) is 10.2. The highest BCUT2D eigenvalue weighted by Gasteiger charge is 2.35. The number of carbonyl (C=O) groups excluding carboxylic acids is 4. The van der Waals surface area contributed by atoms with Crippen LogP contribution in [0.2, 0.25) is 0 Å². The second-order valence-electron chi connectivity index (χ2n) is 6.98. The second-order valence-corrected chi connectivity index (χ2v) is 8.91. The maximum absolute atomic E-state index is 12.6. The third kappa shape index (κ3) is 8.91. The highest BCUT2D eigenvalue weighted by atomic mass is 32.2. The van der Waals surface area contributed by atoms with Gasteiger partial charge in [-0.2, -0.15) is 12.6 Å². The van der Waals surface area contributed by atoms with Gasteiger partial charge in [0, 0.05) is 12.2 Å². The van der Waals surface area contributed by atoms with Gasteiger partial charge in [0.2, 0.25) is 6.79 Å². The number of hydrogen-bond acceptors (Lipinski definition) is 9. The number of rotatable bonds is 10. The van der Waals surface area contributed by atoms with E-state index in [9.17, 15) is 19.2 Å². The molecule has 0 aromatic heterocycles. The maximum Gasteiger partial charge on any atom is 0.371 e. The number of thioether (sulfide) groups is 1. The molecule has 0 N–H and O–H groups in total. The third-order valence-corrected chi connectivity index (χ3v) is 5.27. The Labute approximate surface area is 180 Å². The van der Waals surface area contributed by atoms with Crippen LogP contribution in [-0.4, -0.2) is 40.3 Å². The standard InChI is InChI=1S/C20H26O7S2/c1-13(2)17(22)25-12-26-19(24)29-20(3,4)16(21)10-14(11-28)18(23)27-15-8-6-5-7-9-15/h5-9,13-14,28H,10-12H2,1-4H3/t14-/m0/s1. The average molecular weight is 443 g/mol. The van der Waals surface area contributed by atoms with Gasteiger partial charge in [-0.3, -0.25) is 14.4 Å². The molecule has 160 valence electrons. The van der Waals surface area contributed by atoms with Crippen LogP contribution in [0, 0.1) is 11.8 Å². The number of benzene rings is 1. The Morgan fingerprint density at radius 2 is 1.66 bits per heavy atom. The van der Waals surface area contributed by atoms with E-state index in [-0.39, 0.29) is 23.9 Å². The van der Waals surface area contributed by atoms with Gasteiger partial charge in [0.1, 0.15) is 11.5 Å². The normalized spacial score (nSPS) is 12.2. The number of esters is 2. The fourth-order valence-electron chi connectivity index (χ4n) is 1.98. The molecule has 29 heavy (non-hydrogen) atoms. The van der Waals surface area contributed by atoms with Gasteiger partial charge < -0.3 is 14.2 Å². The Bertz CT molecular complexity index is 717. The minimum Gasteiger partial charge on any atom is -0.428 e. The van der Waals surface area contributed by atoms with Gasteiger partial charge in [-0.1, -0.05) is 32.0 Å². The lowest BCUT2D eigenvalue weighted by Gasteiger charge is -2.23. The predicted octanol–water partition coefficient (Wildman–Crippen LogP) is 3.90. The van der Waals surface area contributed by atoms with Crippen LogP contribution >= 0.6 is 24.4 Å². The quantitative estimate of drug-likeness (QED) is 0.252. The lowest BCUT2D eigenvalue weighted by molar-refractivity contribution is -0.155. The molecule has 1 aromatic rings. The first kappa shape index (κ1) is 25.0. The van der Waals surface area contributed by atoms with E-state index in [0.29, 0.717) is 17.5 Å². The number of ether oxygens (including phenoxy) is 3. The first-order chi connectivity index (χ1) is 13.6. The van der Waals surface area contributed by atoms with Gasteiger partial charge >= 0.3 is 17.2 Å². The van der Waals surface area contributed by atoms with Crippen molar-refractivity contribution in [3.63, 3.8) is 0 Å². The predicted molar refractivity (Wildman–Crippen MR) is 113 cm³/mol. The van der Waals surface area contributed by atoms with Gasteiger partial charge in [0.25, 0.3) is 0 Å². The van der Waals surface area contributed by atoms with Crippen molar-refractivity contribution in [2.45, 2.75) is 38.9 Å². The summed E-state index contributed by atoms with van der Waals surface area (Å²) in [7, 11) is 0. The summed E-state index contributed by atoms with van der Waals surface area (Å²) in [5.74, 6) is -1.99. The minimum absolute atomic E-state index is 0.119. The number of ketones is 1. The van der Waals surface area contributed by atoms with Crippen LogP contribution in [0.3, 0.4) is 0 Å². The van der Waals surface area contributed by atoms with E-state index < -0.39 is 34.7 Å². The number of thiol groups is 1.